The molecule has 1 fully saturated rings. The number of halogens is 1. The highest BCUT2D eigenvalue weighted by Crippen LogP contribution is 2.29. The molecule has 1 atom stereocenters. The van der Waals surface area contributed by atoms with Crippen molar-refractivity contribution in [2.75, 3.05) is 32.9 Å². The number of benzene rings is 2. The molecule has 1 aliphatic rings. The molecule has 35 heavy (non-hydrogen) atoms. The zero-order valence-corrected chi connectivity index (χ0v) is 19.3. The summed E-state index contributed by atoms with van der Waals surface area (Å²) in [6.45, 7) is 1.18. The van der Waals surface area contributed by atoms with Crippen molar-refractivity contribution in [3.8, 4) is 34.3 Å². The van der Waals surface area contributed by atoms with Crippen molar-refractivity contribution < 1.29 is 16.5 Å². The number of nitrogens with two attached hydrogens (primary N) is 1. The van der Waals surface area contributed by atoms with Gasteiger partial charge in [-0.3, -0.25) is 4.79 Å². The Morgan fingerprint density at radius 2 is 1.91 bits per heavy atom. The Morgan fingerprint density at radius 1 is 1.14 bits per heavy atom. The van der Waals surface area contributed by atoms with Gasteiger partial charge in [0.1, 0.15) is 5.82 Å². The molecule has 10 heteroatoms. The number of likely N-dealkylation sites (tertiary alicyclic amines) is 1. The van der Waals surface area contributed by atoms with E-state index in [1.54, 1.807) is 11.0 Å². The molecular formula is C25H28FN7O2. The summed E-state index contributed by atoms with van der Waals surface area (Å²) < 4.78 is 20.8. The van der Waals surface area contributed by atoms with E-state index in [-0.39, 0.29) is 37.8 Å². The van der Waals surface area contributed by atoms with Crippen molar-refractivity contribution in [1.82, 2.24) is 30.0 Å². The van der Waals surface area contributed by atoms with Crippen LogP contribution in [0.25, 0.3) is 34.3 Å². The van der Waals surface area contributed by atoms with Gasteiger partial charge in [-0.05, 0) is 44.8 Å². The van der Waals surface area contributed by atoms with Crippen LogP contribution in [0.2, 0.25) is 0 Å². The minimum absolute atomic E-state index is 0. The topological polar surface area (TPSA) is 114 Å². The van der Waals surface area contributed by atoms with Gasteiger partial charge in [0.25, 0.3) is 11.8 Å². The van der Waals surface area contributed by atoms with Gasteiger partial charge >= 0.3 is 0 Å². The van der Waals surface area contributed by atoms with Crippen molar-refractivity contribution in [1.29, 1.82) is 0 Å². The molecule has 0 aliphatic carbocycles. The van der Waals surface area contributed by atoms with Gasteiger partial charge in [-0.25, -0.2) is 14.4 Å². The number of likely N-dealkylation sites (N-methyl/N-ethyl adjacent to an activating group) is 1. The third-order valence-electron chi connectivity index (χ3n) is 6.13. The molecule has 0 unspecified atom stereocenters. The van der Waals surface area contributed by atoms with E-state index in [0.717, 1.165) is 12.0 Å². The average molecular weight is 478 g/mol. The summed E-state index contributed by atoms with van der Waals surface area (Å²) in [6.07, 6.45) is 2.30. The number of hydrogen-bond acceptors (Lipinski definition) is 8. The Kier molecular flexibility index (Phi) is 5.96. The molecular weight excluding hydrogens is 449 g/mol. The minimum atomic E-state index is -0.620. The van der Waals surface area contributed by atoms with Crippen molar-refractivity contribution in [2.24, 2.45) is 0 Å². The van der Waals surface area contributed by atoms with Crippen LogP contribution in [0.4, 0.5) is 10.2 Å². The van der Waals surface area contributed by atoms with Crippen molar-refractivity contribution in [3.05, 3.63) is 66.1 Å². The van der Waals surface area contributed by atoms with Crippen LogP contribution in [-0.2, 0) is 0 Å². The second-order valence-corrected chi connectivity index (χ2v) is 8.62. The van der Waals surface area contributed by atoms with Gasteiger partial charge in [0.05, 0.1) is 17.5 Å². The zero-order chi connectivity index (χ0) is 24.5. The molecule has 1 amide bonds. The first-order valence-corrected chi connectivity index (χ1v) is 11.2. The molecule has 0 spiro atoms. The van der Waals surface area contributed by atoms with Gasteiger partial charge in [-0.2, -0.15) is 0 Å². The third kappa shape index (κ3) is 4.47. The van der Waals surface area contributed by atoms with Gasteiger partial charge < -0.3 is 20.0 Å². The highest BCUT2D eigenvalue weighted by molar-refractivity contribution is 5.95. The molecule has 2 N–H and O–H groups in total. The summed E-state index contributed by atoms with van der Waals surface area (Å²) in [5, 5.41) is 8.11. The molecule has 1 aliphatic heterocycles. The fraction of sp³-hybridized carbons (Fsp3) is 0.240. The summed E-state index contributed by atoms with van der Waals surface area (Å²) in [5.41, 5.74) is 7.81. The first-order valence-electron chi connectivity index (χ1n) is 11.2. The van der Waals surface area contributed by atoms with Gasteiger partial charge in [0, 0.05) is 33.1 Å². The highest BCUT2D eigenvalue weighted by atomic mass is 19.1. The summed E-state index contributed by atoms with van der Waals surface area (Å²) in [7, 11) is 3.96. The van der Waals surface area contributed by atoms with E-state index < -0.39 is 5.82 Å². The summed E-state index contributed by atoms with van der Waals surface area (Å²) in [5.74, 6) is -0.410. The van der Waals surface area contributed by atoms with E-state index in [4.69, 9.17) is 10.2 Å². The molecule has 4 aromatic rings. The van der Waals surface area contributed by atoms with Gasteiger partial charge in [-0.1, -0.05) is 24.3 Å². The minimum Gasteiger partial charge on any atom is -0.414 e. The maximum Gasteiger partial charge on any atom is 0.270 e. The van der Waals surface area contributed by atoms with Crippen molar-refractivity contribution in [2.45, 2.75) is 12.5 Å². The molecule has 9 nitrogen and oxygen atoms in total. The molecule has 0 saturated carbocycles. The zero-order valence-electron chi connectivity index (χ0n) is 19.3. The lowest BCUT2D eigenvalue weighted by Crippen LogP contribution is -2.34. The van der Waals surface area contributed by atoms with Crippen LogP contribution >= 0.6 is 0 Å². The normalized spacial score (nSPS) is 15.7. The number of anilines is 1. The predicted octanol–water partition coefficient (Wildman–Crippen LogP) is 3.85. The van der Waals surface area contributed by atoms with E-state index in [0.29, 0.717) is 30.2 Å². The third-order valence-corrected chi connectivity index (χ3v) is 6.13. The fourth-order valence-electron chi connectivity index (χ4n) is 4.08. The second-order valence-electron chi connectivity index (χ2n) is 8.62. The second kappa shape index (κ2) is 9.22. The van der Waals surface area contributed by atoms with E-state index in [9.17, 15) is 4.79 Å². The lowest BCUT2D eigenvalue weighted by Gasteiger charge is -2.20. The predicted molar refractivity (Wildman–Crippen MR) is 133 cm³/mol. The van der Waals surface area contributed by atoms with Gasteiger partial charge in [0.2, 0.25) is 5.89 Å². The number of carbonyl (C=O) groups is 1. The van der Waals surface area contributed by atoms with Crippen LogP contribution in [0, 0.1) is 5.82 Å². The van der Waals surface area contributed by atoms with Crippen molar-refractivity contribution >= 4 is 11.7 Å². The summed E-state index contributed by atoms with van der Waals surface area (Å²) in [6, 6.07) is 14.0. The standard InChI is InChI=1S/C25H24FN7O2.2H2/c1-32(2)17-10-11-33(14-17)25(34)18-9-8-16(12-19(18)26)20-13-28-22(27)21(29-20)24-31-30-23(35-24)15-6-4-3-5-7-15;;/h3-9,12-13,17H,10-11,14H2,1-2H3,(H2,27,28);2*1H/t17-;;/m1../s1. The molecule has 1 saturated heterocycles. The number of hydrogen-bond donors (Lipinski definition) is 1. The number of nitrogens with zero attached hydrogens (tertiary/aromatic N) is 6. The smallest absolute Gasteiger partial charge is 0.270 e. The Hall–Kier alpha value is -4.18. The van der Waals surface area contributed by atoms with E-state index in [1.807, 2.05) is 44.4 Å². The molecule has 182 valence electrons. The maximum atomic E-state index is 15.0. The molecule has 0 bridgehead atoms. The molecule has 3 heterocycles. The van der Waals surface area contributed by atoms with Gasteiger partial charge in [-0.15, -0.1) is 10.2 Å². The quantitative estimate of drug-likeness (QED) is 0.461. The SMILES string of the molecule is CN(C)[C@@H]1CCN(C(=O)c2ccc(-c3cnc(N)c(-c4nnc(-c5ccccc5)o4)n3)cc2F)C1.[HH].[HH]. The summed E-state index contributed by atoms with van der Waals surface area (Å²) >= 11 is 0. The molecule has 2 aromatic heterocycles. The van der Waals surface area contributed by atoms with Crippen LogP contribution in [-0.4, -0.2) is 69.1 Å². The molecule has 2 aromatic carbocycles. The first kappa shape index (κ1) is 22.6. The Labute approximate surface area is 204 Å². The monoisotopic (exact) mass is 477 g/mol. The van der Waals surface area contributed by atoms with Crippen LogP contribution in [0.15, 0.2) is 59.1 Å². The first-order chi connectivity index (χ1) is 16.9. The largest absolute Gasteiger partial charge is 0.414 e. The van der Waals surface area contributed by atoms with Crippen molar-refractivity contribution in [3.63, 3.8) is 0 Å². The lowest BCUT2D eigenvalue weighted by molar-refractivity contribution is 0.0778. The number of amides is 1. The number of rotatable bonds is 5. The van der Waals surface area contributed by atoms with Crippen LogP contribution in [0.3, 0.4) is 0 Å². The number of aromatic nitrogens is 4. The number of carbonyl (C=O) groups excluding carboxylic acids is 1. The number of nitrogen functional groups attached to an aromatic ring is 1. The van der Waals surface area contributed by atoms with Crippen LogP contribution in [0.1, 0.15) is 19.6 Å². The Bertz CT molecular complexity index is 1380. The van der Waals surface area contributed by atoms with E-state index >= 15 is 4.39 Å². The van der Waals surface area contributed by atoms with E-state index in [1.165, 1.54) is 18.3 Å². The Morgan fingerprint density at radius 3 is 2.63 bits per heavy atom. The lowest BCUT2D eigenvalue weighted by atomic mass is 10.1. The highest BCUT2D eigenvalue weighted by Gasteiger charge is 2.29. The maximum absolute atomic E-state index is 15.0. The molecule has 0 radical (unpaired) electrons. The van der Waals surface area contributed by atoms with Gasteiger partial charge in [0.15, 0.2) is 11.5 Å². The van der Waals surface area contributed by atoms with E-state index in [2.05, 4.69) is 25.1 Å². The average Bonchev–Trinajstić information content (AvgIpc) is 3.55. The molecule has 5 rings (SSSR count). The van der Waals surface area contributed by atoms with Crippen LogP contribution < -0.4 is 5.73 Å². The Balaban J connectivity index is 0.00000190. The summed E-state index contributed by atoms with van der Waals surface area (Å²) in [4.78, 5) is 25.3. The fourth-order valence-corrected chi connectivity index (χ4v) is 4.08. The van der Waals surface area contributed by atoms with Crippen LogP contribution in [0.5, 0.6) is 0 Å².